The molecule has 1 aromatic carbocycles. The molecule has 0 aliphatic carbocycles. The third kappa shape index (κ3) is 5.00. The quantitative estimate of drug-likeness (QED) is 0.564. The van der Waals surface area contributed by atoms with E-state index in [0.29, 0.717) is 48.1 Å². The second kappa shape index (κ2) is 9.57. The highest BCUT2D eigenvalue weighted by Crippen LogP contribution is 2.30. The molecule has 0 fully saturated rings. The molecule has 3 aromatic rings. The van der Waals surface area contributed by atoms with Crippen LogP contribution in [0.5, 0.6) is 11.5 Å². The third-order valence-corrected chi connectivity index (χ3v) is 5.52. The van der Waals surface area contributed by atoms with Crippen LogP contribution < -0.4 is 14.8 Å². The molecule has 1 N–H and O–H groups in total. The summed E-state index contributed by atoms with van der Waals surface area (Å²) in [6, 6.07) is 7.36. The van der Waals surface area contributed by atoms with Crippen molar-refractivity contribution >= 4 is 23.1 Å². The molecule has 1 unspecified atom stereocenters. The Balaban J connectivity index is 1.47. The highest BCUT2D eigenvalue weighted by atomic mass is 32.1. The number of hydrogen-bond donors (Lipinski definition) is 1. The zero-order valence-electron chi connectivity index (χ0n) is 17.2. The average Bonchev–Trinajstić information content (AvgIpc) is 3.52. The number of carbonyl (C=O) groups excluding carboxylic acids is 1. The lowest BCUT2D eigenvalue weighted by Crippen LogP contribution is -2.15. The Bertz CT molecular complexity index is 1080. The fourth-order valence-corrected chi connectivity index (χ4v) is 3.78. The van der Waals surface area contributed by atoms with Crippen LogP contribution in [0.2, 0.25) is 0 Å². The summed E-state index contributed by atoms with van der Waals surface area (Å²) in [5.74, 6) is 2.10. The van der Waals surface area contributed by atoms with Crippen LogP contribution >= 0.6 is 11.3 Å². The first-order chi connectivity index (χ1) is 15.2. The van der Waals surface area contributed by atoms with Gasteiger partial charge in [0.2, 0.25) is 5.91 Å². The largest absolute Gasteiger partial charge is 0.493 e. The molecule has 1 aliphatic rings. The van der Waals surface area contributed by atoms with Gasteiger partial charge >= 0.3 is 0 Å². The SMILES string of the molecule is COc1ccc(CCC(=O)Nc2cc(-c3nccs3)nc(C3CC=CO3)n2)cc1OC. The van der Waals surface area contributed by atoms with Gasteiger partial charge in [0.15, 0.2) is 23.4 Å². The molecule has 0 radical (unpaired) electrons. The lowest BCUT2D eigenvalue weighted by Gasteiger charge is -2.13. The van der Waals surface area contributed by atoms with Gasteiger partial charge in [0.05, 0.1) is 20.5 Å². The zero-order chi connectivity index (χ0) is 21.6. The molecule has 1 atom stereocenters. The van der Waals surface area contributed by atoms with E-state index in [1.807, 2.05) is 29.7 Å². The Kier molecular flexibility index (Phi) is 6.42. The molecule has 4 rings (SSSR count). The first-order valence-corrected chi connectivity index (χ1v) is 10.6. The van der Waals surface area contributed by atoms with E-state index in [2.05, 4.69) is 20.3 Å². The van der Waals surface area contributed by atoms with E-state index >= 15 is 0 Å². The Labute approximate surface area is 183 Å². The van der Waals surface area contributed by atoms with Crippen LogP contribution in [0.3, 0.4) is 0 Å². The molecule has 8 nitrogen and oxygen atoms in total. The van der Waals surface area contributed by atoms with Gasteiger partial charge in [0.25, 0.3) is 0 Å². The minimum Gasteiger partial charge on any atom is -0.493 e. The van der Waals surface area contributed by atoms with Gasteiger partial charge in [0, 0.05) is 30.5 Å². The van der Waals surface area contributed by atoms with Crippen molar-refractivity contribution in [3.05, 3.63) is 59.6 Å². The lowest BCUT2D eigenvalue weighted by molar-refractivity contribution is -0.116. The van der Waals surface area contributed by atoms with Crippen LogP contribution in [-0.4, -0.2) is 35.1 Å². The summed E-state index contributed by atoms with van der Waals surface area (Å²) in [4.78, 5) is 26.0. The lowest BCUT2D eigenvalue weighted by atomic mass is 10.1. The Morgan fingerprint density at radius 2 is 2.10 bits per heavy atom. The van der Waals surface area contributed by atoms with E-state index < -0.39 is 0 Å². The average molecular weight is 439 g/mol. The number of aryl methyl sites for hydroxylation is 1. The maximum Gasteiger partial charge on any atom is 0.225 e. The van der Waals surface area contributed by atoms with Gasteiger partial charge in [-0.3, -0.25) is 4.79 Å². The van der Waals surface area contributed by atoms with Gasteiger partial charge in [-0.15, -0.1) is 11.3 Å². The zero-order valence-corrected chi connectivity index (χ0v) is 18.0. The molecule has 160 valence electrons. The van der Waals surface area contributed by atoms with E-state index in [-0.39, 0.29) is 12.0 Å². The molecule has 0 saturated carbocycles. The van der Waals surface area contributed by atoms with E-state index in [9.17, 15) is 4.79 Å². The van der Waals surface area contributed by atoms with Crippen molar-refractivity contribution in [1.82, 2.24) is 15.0 Å². The van der Waals surface area contributed by atoms with Crippen LogP contribution in [0.25, 0.3) is 10.7 Å². The van der Waals surface area contributed by atoms with Crippen molar-refractivity contribution in [2.75, 3.05) is 19.5 Å². The van der Waals surface area contributed by atoms with Gasteiger partial charge in [-0.1, -0.05) is 6.07 Å². The fourth-order valence-electron chi connectivity index (χ4n) is 3.18. The van der Waals surface area contributed by atoms with Gasteiger partial charge in [-0.05, 0) is 30.2 Å². The van der Waals surface area contributed by atoms with Crippen molar-refractivity contribution in [1.29, 1.82) is 0 Å². The number of ether oxygens (including phenoxy) is 3. The first kappa shape index (κ1) is 20.8. The van der Waals surface area contributed by atoms with Gasteiger partial charge in [-0.2, -0.15) is 0 Å². The maximum absolute atomic E-state index is 12.6. The standard InChI is InChI=1S/C22H22N4O4S/c1-28-16-7-5-14(12-18(16)29-2)6-8-20(27)25-19-13-15(22-23-9-11-31-22)24-21(26-19)17-4-3-10-30-17/h3,5,7,9-13,17H,4,6,8H2,1-2H3,(H,24,25,26,27). The molecule has 1 aliphatic heterocycles. The number of anilines is 1. The number of carbonyl (C=O) groups is 1. The molecular formula is C22H22N4O4S. The highest BCUT2D eigenvalue weighted by Gasteiger charge is 2.20. The summed E-state index contributed by atoms with van der Waals surface area (Å²) in [5, 5.41) is 5.53. The van der Waals surface area contributed by atoms with E-state index in [1.54, 1.807) is 32.7 Å². The number of aromatic nitrogens is 3. The van der Waals surface area contributed by atoms with E-state index in [0.717, 1.165) is 10.6 Å². The molecule has 2 aromatic heterocycles. The van der Waals surface area contributed by atoms with Crippen LogP contribution in [-0.2, 0) is 16.0 Å². The highest BCUT2D eigenvalue weighted by molar-refractivity contribution is 7.13. The second-order valence-corrected chi connectivity index (χ2v) is 7.70. The number of rotatable bonds is 8. The van der Waals surface area contributed by atoms with Gasteiger partial charge < -0.3 is 19.5 Å². The number of amides is 1. The molecular weight excluding hydrogens is 416 g/mol. The monoisotopic (exact) mass is 438 g/mol. The topological polar surface area (TPSA) is 95.5 Å². The van der Waals surface area contributed by atoms with Crippen LogP contribution in [0, 0.1) is 0 Å². The minimum absolute atomic E-state index is 0.144. The number of hydrogen-bond acceptors (Lipinski definition) is 8. The Morgan fingerprint density at radius 1 is 1.23 bits per heavy atom. The number of nitrogens with one attached hydrogen (secondary N) is 1. The molecule has 1 amide bonds. The number of methoxy groups -OCH3 is 2. The van der Waals surface area contributed by atoms with Crippen LogP contribution in [0.1, 0.15) is 30.3 Å². The third-order valence-electron chi connectivity index (χ3n) is 4.73. The number of nitrogens with zero attached hydrogens (tertiary/aromatic N) is 3. The van der Waals surface area contributed by atoms with Crippen LogP contribution in [0.4, 0.5) is 5.82 Å². The van der Waals surface area contributed by atoms with Crippen molar-refractivity contribution in [3.8, 4) is 22.2 Å². The predicted molar refractivity (Wildman–Crippen MR) is 117 cm³/mol. The number of thiazole rings is 1. The van der Waals surface area contributed by atoms with Crippen molar-refractivity contribution in [3.63, 3.8) is 0 Å². The molecule has 31 heavy (non-hydrogen) atoms. The summed E-state index contributed by atoms with van der Waals surface area (Å²) in [5.41, 5.74) is 1.63. The van der Waals surface area contributed by atoms with Crippen molar-refractivity contribution < 1.29 is 19.0 Å². The minimum atomic E-state index is -0.262. The number of benzene rings is 1. The predicted octanol–water partition coefficient (Wildman–Crippen LogP) is 4.16. The molecule has 0 saturated heterocycles. The fraction of sp³-hybridized carbons (Fsp3) is 0.273. The van der Waals surface area contributed by atoms with E-state index in [1.165, 1.54) is 11.3 Å². The summed E-state index contributed by atoms with van der Waals surface area (Å²) in [6.45, 7) is 0. The normalized spacial score (nSPS) is 14.8. The molecule has 0 spiro atoms. The van der Waals surface area contributed by atoms with Crippen molar-refractivity contribution in [2.24, 2.45) is 0 Å². The first-order valence-electron chi connectivity index (χ1n) is 9.76. The smallest absolute Gasteiger partial charge is 0.225 e. The summed E-state index contributed by atoms with van der Waals surface area (Å²) in [6.07, 6.45) is 6.56. The van der Waals surface area contributed by atoms with Gasteiger partial charge in [0.1, 0.15) is 16.5 Å². The van der Waals surface area contributed by atoms with Crippen LogP contribution in [0.15, 0.2) is 48.2 Å². The molecule has 3 heterocycles. The summed E-state index contributed by atoms with van der Waals surface area (Å²) >= 11 is 1.48. The molecule has 9 heteroatoms. The second-order valence-electron chi connectivity index (χ2n) is 6.80. The summed E-state index contributed by atoms with van der Waals surface area (Å²) < 4.78 is 16.1. The Morgan fingerprint density at radius 3 is 2.81 bits per heavy atom. The van der Waals surface area contributed by atoms with Crippen molar-refractivity contribution in [2.45, 2.75) is 25.4 Å². The maximum atomic E-state index is 12.6. The van der Waals surface area contributed by atoms with E-state index in [4.69, 9.17) is 14.2 Å². The Hall–Kier alpha value is -3.46. The molecule has 0 bridgehead atoms. The summed E-state index contributed by atoms with van der Waals surface area (Å²) in [7, 11) is 3.18. The van der Waals surface area contributed by atoms with Gasteiger partial charge in [-0.25, -0.2) is 15.0 Å².